The highest BCUT2D eigenvalue weighted by molar-refractivity contribution is 6.30. The van der Waals surface area contributed by atoms with Gasteiger partial charge in [0.25, 0.3) is 0 Å². The zero-order valence-corrected chi connectivity index (χ0v) is 14.3. The number of nitrogens with one attached hydrogen (secondary N) is 2. The van der Waals surface area contributed by atoms with E-state index in [1.165, 1.54) is 0 Å². The highest BCUT2D eigenvalue weighted by Gasteiger charge is 2.06. The maximum atomic E-state index is 6.02. The molecular formula is C17H23ClN4O. The van der Waals surface area contributed by atoms with Crippen molar-refractivity contribution in [3.05, 3.63) is 53.3 Å². The number of aromatic nitrogens is 1. The van der Waals surface area contributed by atoms with E-state index >= 15 is 0 Å². The Balaban J connectivity index is 1.85. The van der Waals surface area contributed by atoms with Crippen LogP contribution in [0, 0.1) is 0 Å². The lowest BCUT2D eigenvalue weighted by atomic mass is 10.2. The van der Waals surface area contributed by atoms with Gasteiger partial charge in [0, 0.05) is 49.7 Å². The van der Waals surface area contributed by atoms with Crippen molar-refractivity contribution in [1.82, 2.24) is 15.2 Å². The van der Waals surface area contributed by atoms with Gasteiger partial charge >= 0.3 is 0 Å². The van der Waals surface area contributed by atoms with Crippen LogP contribution in [0.5, 0.6) is 5.75 Å². The summed E-state index contributed by atoms with van der Waals surface area (Å²) in [5, 5.41) is 7.26. The van der Waals surface area contributed by atoms with Gasteiger partial charge in [0.15, 0.2) is 5.96 Å². The summed E-state index contributed by atoms with van der Waals surface area (Å²) >= 11 is 6.02. The van der Waals surface area contributed by atoms with E-state index in [0.717, 1.165) is 30.4 Å². The van der Waals surface area contributed by atoms with Gasteiger partial charge in [-0.15, -0.1) is 0 Å². The fraction of sp³-hybridized carbons (Fsp3) is 0.353. The van der Waals surface area contributed by atoms with Crippen LogP contribution in [-0.2, 0) is 13.1 Å². The highest BCUT2D eigenvalue weighted by Crippen LogP contribution is 2.23. The first kappa shape index (κ1) is 17.2. The van der Waals surface area contributed by atoms with Gasteiger partial charge < -0.3 is 19.9 Å². The SMILES string of the molecule is CCOc1cc(Cl)ccc1CNC(=NC)NCCn1cccc1. The average Bonchev–Trinajstić information content (AvgIpc) is 3.06. The maximum Gasteiger partial charge on any atom is 0.191 e. The van der Waals surface area contributed by atoms with Crippen LogP contribution in [0.3, 0.4) is 0 Å². The van der Waals surface area contributed by atoms with Crippen molar-refractivity contribution in [1.29, 1.82) is 0 Å². The minimum Gasteiger partial charge on any atom is -0.493 e. The number of hydrogen-bond acceptors (Lipinski definition) is 2. The third kappa shape index (κ3) is 5.53. The summed E-state index contributed by atoms with van der Waals surface area (Å²) in [5.74, 6) is 1.56. The number of guanidine groups is 1. The number of ether oxygens (including phenoxy) is 1. The smallest absolute Gasteiger partial charge is 0.191 e. The number of halogens is 1. The number of nitrogens with zero attached hydrogens (tertiary/aromatic N) is 2. The van der Waals surface area contributed by atoms with Crippen molar-refractivity contribution in [3.63, 3.8) is 0 Å². The van der Waals surface area contributed by atoms with Crippen LogP contribution in [0.2, 0.25) is 5.02 Å². The summed E-state index contributed by atoms with van der Waals surface area (Å²) in [4.78, 5) is 4.23. The molecular weight excluding hydrogens is 312 g/mol. The number of rotatable bonds is 7. The highest BCUT2D eigenvalue weighted by atomic mass is 35.5. The monoisotopic (exact) mass is 334 g/mol. The Kier molecular flexibility index (Phi) is 6.81. The molecule has 0 radical (unpaired) electrons. The van der Waals surface area contributed by atoms with E-state index in [1.807, 2.05) is 49.6 Å². The first-order valence-corrected chi connectivity index (χ1v) is 8.07. The van der Waals surface area contributed by atoms with Gasteiger partial charge in [-0.3, -0.25) is 4.99 Å². The van der Waals surface area contributed by atoms with E-state index in [0.29, 0.717) is 18.2 Å². The van der Waals surface area contributed by atoms with E-state index < -0.39 is 0 Å². The van der Waals surface area contributed by atoms with Gasteiger partial charge in [-0.05, 0) is 31.2 Å². The second-order valence-corrected chi connectivity index (χ2v) is 5.39. The molecule has 0 saturated carbocycles. The fourth-order valence-corrected chi connectivity index (χ4v) is 2.35. The van der Waals surface area contributed by atoms with E-state index in [-0.39, 0.29) is 0 Å². The predicted molar refractivity (Wildman–Crippen MR) is 95.3 cm³/mol. The van der Waals surface area contributed by atoms with Crippen molar-refractivity contribution >= 4 is 17.6 Å². The zero-order chi connectivity index (χ0) is 16.5. The molecule has 0 unspecified atom stereocenters. The molecule has 0 aliphatic rings. The second-order valence-electron chi connectivity index (χ2n) is 4.96. The Labute approximate surface area is 142 Å². The molecule has 0 bridgehead atoms. The summed E-state index contributed by atoms with van der Waals surface area (Å²) in [5.41, 5.74) is 1.05. The van der Waals surface area contributed by atoms with Crippen LogP contribution < -0.4 is 15.4 Å². The van der Waals surface area contributed by atoms with Gasteiger partial charge in [0.05, 0.1) is 6.61 Å². The molecule has 1 heterocycles. The van der Waals surface area contributed by atoms with Gasteiger partial charge in [-0.25, -0.2) is 0 Å². The van der Waals surface area contributed by atoms with Crippen molar-refractivity contribution in [2.45, 2.75) is 20.0 Å². The van der Waals surface area contributed by atoms with Crippen LogP contribution in [0.4, 0.5) is 0 Å². The van der Waals surface area contributed by atoms with Crippen LogP contribution >= 0.6 is 11.6 Å². The summed E-state index contributed by atoms with van der Waals surface area (Å²) in [7, 11) is 1.76. The van der Waals surface area contributed by atoms with Gasteiger partial charge in [0.1, 0.15) is 5.75 Å². The van der Waals surface area contributed by atoms with E-state index in [9.17, 15) is 0 Å². The van der Waals surface area contributed by atoms with Crippen molar-refractivity contribution in [3.8, 4) is 5.75 Å². The van der Waals surface area contributed by atoms with Gasteiger partial charge in [-0.1, -0.05) is 17.7 Å². The molecule has 0 amide bonds. The largest absolute Gasteiger partial charge is 0.493 e. The molecule has 124 valence electrons. The number of aliphatic imine (C=N–C) groups is 1. The molecule has 5 nitrogen and oxygen atoms in total. The first-order chi connectivity index (χ1) is 11.2. The molecule has 2 aromatic rings. The predicted octanol–water partition coefficient (Wildman–Crippen LogP) is 2.91. The minimum absolute atomic E-state index is 0.608. The molecule has 6 heteroatoms. The first-order valence-electron chi connectivity index (χ1n) is 7.69. The molecule has 0 aliphatic carbocycles. The van der Waals surface area contributed by atoms with Crippen LogP contribution in [-0.4, -0.2) is 30.7 Å². The Morgan fingerprint density at radius 3 is 2.74 bits per heavy atom. The molecule has 0 saturated heterocycles. The Morgan fingerprint density at radius 2 is 2.04 bits per heavy atom. The summed E-state index contributed by atoms with van der Waals surface area (Å²) in [6.07, 6.45) is 4.08. The van der Waals surface area contributed by atoms with Crippen molar-refractivity contribution < 1.29 is 4.74 Å². The molecule has 2 N–H and O–H groups in total. The van der Waals surface area contributed by atoms with Gasteiger partial charge in [-0.2, -0.15) is 0 Å². The summed E-state index contributed by atoms with van der Waals surface area (Å²) in [6.45, 7) is 4.87. The second kappa shape index (κ2) is 9.10. The quantitative estimate of drug-likeness (QED) is 0.604. The van der Waals surface area contributed by atoms with Crippen LogP contribution in [0.1, 0.15) is 12.5 Å². The standard InChI is InChI=1S/C17H23ClN4O/c1-3-23-16-12-15(18)7-6-14(16)13-21-17(19-2)20-8-11-22-9-4-5-10-22/h4-7,9-10,12H,3,8,11,13H2,1-2H3,(H2,19,20,21). The van der Waals surface area contributed by atoms with Crippen molar-refractivity contribution in [2.75, 3.05) is 20.2 Å². The zero-order valence-electron chi connectivity index (χ0n) is 13.6. The lowest BCUT2D eigenvalue weighted by Crippen LogP contribution is -2.38. The van der Waals surface area contributed by atoms with Gasteiger partial charge in [0.2, 0.25) is 0 Å². The lowest BCUT2D eigenvalue weighted by molar-refractivity contribution is 0.336. The molecule has 23 heavy (non-hydrogen) atoms. The molecule has 0 fully saturated rings. The number of hydrogen-bond donors (Lipinski definition) is 2. The van der Waals surface area contributed by atoms with Crippen LogP contribution in [0.25, 0.3) is 0 Å². The van der Waals surface area contributed by atoms with E-state index in [1.54, 1.807) is 7.05 Å². The Morgan fingerprint density at radius 1 is 1.26 bits per heavy atom. The topological polar surface area (TPSA) is 50.6 Å². The molecule has 1 aromatic carbocycles. The maximum absolute atomic E-state index is 6.02. The van der Waals surface area contributed by atoms with Crippen LogP contribution in [0.15, 0.2) is 47.7 Å². The molecule has 0 atom stereocenters. The van der Waals surface area contributed by atoms with Crippen molar-refractivity contribution in [2.24, 2.45) is 4.99 Å². The molecule has 2 rings (SSSR count). The minimum atomic E-state index is 0.608. The normalized spacial score (nSPS) is 11.3. The summed E-state index contributed by atoms with van der Waals surface area (Å²) < 4.78 is 7.74. The third-order valence-electron chi connectivity index (χ3n) is 3.33. The Hall–Kier alpha value is -2.14. The summed E-state index contributed by atoms with van der Waals surface area (Å²) in [6, 6.07) is 9.70. The average molecular weight is 335 g/mol. The lowest BCUT2D eigenvalue weighted by Gasteiger charge is -2.15. The fourth-order valence-electron chi connectivity index (χ4n) is 2.19. The Bertz CT molecular complexity index is 626. The third-order valence-corrected chi connectivity index (χ3v) is 3.56. The number of benzene rings is 1. The molecule has 0 aliphatic heterocycles. The van der Waals surface area contributed by atoms with E-state index in [2.05, 4.69) is 20.2 Å². The molecule has 1 aromatic heterocycles. The molecule has 0 spiro atoms. The van der Waals surface area contributed by atoms with E-state index in [4.69, 9.17) is 16.3 Å².